The van der Waals surface area contributed by atoms with Gasteiger partial charge in [-0.05, 0) is 62.4 Å². The van der Waals surface area contributed by atoms with Crippen LogP contribution in [0, 0.1) is 42.4 Å². The number of aliphatic hydroxyl groups is 1. The zero-order chi connectivity index (χ0) is 37.1. The van der Waals surface area contributed by atoms with Gasteiger partial charge in [-0.3, -0.25) is 4.79 Å². The molecule has 1 aromatic heterocycles. The Morgan fingerprint density at radius 3 is 2.31 bits per heavy atom. The minimum Gasteiger partial charge on any atom is -0.463 e. The maximum Gasteiger partial charge on any atom is 0.306 e. The molecule has 0 aliphatic carbocycles. The molecule has 0 fully saturated rings. The molecule has 0 saturated heterocycles. The smallest absolute Gasteiger partial charge is 0.306 e. The van der Waals surface area contributed by atoms with Crippen molar-refractivity contribution in [3.05, 3.63) is 51.9 Å². The average molecular weight is 724 g/mol. The Balaban J connectivity index is 1.73. The summed E-state index contributed by atoms with van der Waals surface area (Å²) in [5.41, 5.74) is 3.42. The molecule has 13 heteroatoms. The van der Waals surface area contributed by atoms with Crippen LogP contribution in [-0.4, -0.2) is 83.3 Å². The highest BCUT2D eigenvalue weighted by Crippen LogP contribution is 2.36. The number of ether oxygens (including phenoxy) is 4. The Bertz CT molecular complexity index is 1460. The van der Waals surface area contributed by atoms with Crippen LogP contribution >= 0.6 is 11.3 Å². The number of rotatable bonds is 28. The maximum absolute atomic E-state index is 12.2. The molecule has 1 unspecified atom stereocenters. The topological polar surface area (TPSA) is 167 Å². The Morgan fingerprint density at radius 1 is 0.941 bits per heavy atom. The summed E-state index contributed by atoms with van der Waals surface area (Å²) in [6.07, 6.45) is 12.6. The van der Waals surface area contributed by atoms with Gasteiger partial charge in [0.2, 0.25) is 0 Å². The lowest BCUT2D eigenvalue weighted by Gasteiger charge is -2.25. The quantitative estimate of drug-likeness (QED) is 0.0307. The minimum absolute atomic E-state index is 0.0511. The van der Waals surface area contributed by atoms with Gasteiger partial charge in [-0.25, -0.2) is 0 Å². The zero-order valence-corrected chi connectivity index (χ0v) is 31.1. The van der Waals surface area contributed by atoms with E-state index in [-0.39, 0.29) is 38.8 Å². The average Bonchev–Trinajstić information content (AvgIpc) is 3.45. The van der Waals surface area contributed by atoms with E-state index in [9.17, 15) is 20.1 Å². The van der Waals surface area contributed by atoms with Crippen LogP contribution in [0.2, 0.25) is 0 Å². The van der Waals surface area contributed by atoms with Gasteiger partial charge >= 0.3 is 5.97 Å². The number of anilines is 1. The molecular weight excluding hydrogens is 671 g/mol. The number of hydrogen-bond donors (Lipinski definition) is 1. The number of esters is 1. The number of hydrogen-bond acceptors (Lipinski definition) is 13. The predicted octanol–water partition coefficient (Wildman–Crippen LogP) is 7.43. The molecule has 0 amide bonds. The van der Waals surface area contributed by atoms with E-state index in [2.05, 4.69) is 40.3 Å². The van der Waals surface area contributed by atoms with Crippen LogP contribution in [0.5, 0.6) is 0 Å². The first-order valence-corrected chi connectivity index (χ1v) is 18.5. The molecule has 51 heavy (non-hydrogen) atoms. The number of benzene rings is 1. The van der Waals surface area contributed by atoms with E-state index < -0.39 is 5.97 Å². The summed E-state index contributed by atoms with van der Waals surface area (Å²) in [6, 6.07) is 9.96. The molecule has 1 heterocycles. The summed E-state index contributed by atoms with van der Waals surface area (Å²) in [7, 11) is 0. The van der Waals surface area contributed by atoms with Crippen LogP contribution in [0.15, 0.2) is 40.6 Å². The van der Waals surface area contributed by atoms with Gasteiger partial charge in [-0.15, -0.1) is 21.6 Å². The molecule has 0 aliphatic heterocycles. The number of aryl methyl sites for hydroxylation is 1. The SMILES string of the molecule is CCCCCCC/C=C/CC(C=O)CC(=O)OCCOCCOCCN(CCOCCO)c1ccc(N=Nc2sc(C#N)c(C)c2C#N)c(C)c1. The van der Waals surface area contributed by atoms with Crippen molar-refractivity contribution in [3.8, 4) is 12.1 Å². The number of carbonyl (C=O) groups is 2. The van der Waals surface area contributed by atoms with Gasteiger partial charge in [0, 0.05) is 24.7 Å². The van der Waals surface area contributed by atoms with E-state index in [0.29, 0.717) is 72.6 Å². The van der Waals surface area contributed by atoms with Gasteiger partial charge in [0.15, 0.2) is 5.00 Å². The highest BCUT2D eigenvalue weighted by molar-refractivity contribution is 7.16. The van der Waals surface area contributed by atoms with Crippen molar-refractivity contribution in [2.45, 2.75) is 72.1 Å². The van der Waals surface area contributed by atoms with Crippen molar-refractivity contribution in [1.82, 2.24) is 0 Å². The monoisotopic (exact) mass is 723 g/mol. The first-order valence-electron chi connectivity index (χ1n) is 17.7. The Kier molecular flexibility index (Phi) is 22.7. The number of unbranched alkanes of at least 4 members (excludes halogenated alkanes) is 5. The summed E-state index contributed by atoms with van der Waals surface area (Å²) in [5.74, 6) is -0.787. The largest absolute Gasteiger partial charge is 0.463 e. The van der Waals surface area contributed by atoms with Gasteiger partial charge in [-0.2, -0.15) is 10.5 Å². The fraction of sp³-hybridized carbons (Fsp3) is 0.579. The number of nitriles is 2. The Morgan fingerprint density at radius 2 is 1.65 bits per heavy atom. The maximum atomic E-state index is 12.2. The molecule has 0 aliphatic rings. The number of carbonyl (C=O) groups excluding carboxylic acids is 2. The fourth-order valence-corrected chi connectivity index (χ4v) is 5.87. The standard InChI is InChI=1S/C38H53N5O7S/c1-4-5-6-7-8-9-10-11-12-32(29-45)26-37(46)50-24-23-49-22-21-48-19-16-43(15-18-47-20-17-44)33-13-14-35(30(2)25-33)41-42-38-34(27-39)31(3)36(28-40)51-38/h10-11,13-14,25,29,32,44H,4-9,12,15-24,26H2,1-3H3/b11-10+,42-41?. The van der Waals surface area contributed by atoms with E-state index in [0.717, 1.165) is 41.7 Å². The molecule has 2 aromatic rings. The van der Waals surface area contributed by atoms with Crippen molar-refractivity contribution in [3.63, 3.8) is 0 Å². The minimum atomic E-state index is -0.408. The second-order valence-electron chi connectivity index (χ2n) is 11.9. The third kappa shape index (κ3) is 17.2. The van der Waals surface area contributed by atoms with Gasteiger partial charge in [-0.1, -0.05) is 44.8 Å². The Labute approximate surface area is 306 Å². The number of allylic oxidation sites excluding steroid dienone is 2. The van der Waals surface area contributed by atoms with Crippen molar-refractivity contribution in [1.29, 1.82) is 10.5 Å². The lowest BCUT2D eigenvalue weighted by molar-refractivity contribution is -0.147. The van der Waals surface area contributed by atoms with E-state index in [1.54, 1.807) is 6.92 Å². The molecule has 2 rings (SSSR count). The number of aliphatic hydroxyl groups excluding tert-OH is 1. The lowest BCUT2D eigenvalue weighted by atomic mass is 10.0. The predicted molar refractivity (Wildman–Crippen MR) is 198 cm³/mol. The van der Waals surface area contributed by atoms with E-state index >= 15 is 0 Å². The summed E-state index contributed by atoms with van der Waals surface area (Å²) in [6.45, 7) is 9.09. The Hall–Kier alpha value is -3.98. The molecule has 0 spiro atoms. The third-order valence-corrected chi connectivity index (χ3v) is 9.03. The molecule has 0 saturated carbocycles. The van der Waals surface area contributed by atoms with Crippen LogP contribution in [0.4, 0.5) is 16.4 Å². The van der Waals surface area contributed by atoms with Crippen molar-refractivity contribution < 1.29 is 33.6 Å². The van der Waals surface area contributed by atoms with Crippen LogP contribution in [0.1, 0.15) is 79.9 Å². The number of thiophene rings is 1. The van der Waals surface area contributed by atoms with Crippen LogP contribution < -0.4 is 4.90 Å². The summed E-state index contributed by atoms with van der Waals surface area (Å²) in [4.78, 5) is 26.1. The summed E-state index contributed by atoms with van der Waals surface area (Å²) >= 11 is 1.14. The molecule has 12 nitrogen and oxygen atoms in total. The summed E-state index contributed by atoms with van der Waals surface area (Å²) < 4.78 is 22.1. The van der Waals surface area contributed by atoms with Gasteiger partial charge in [0.25, 0.3) is 0 Å². The third-order valence-electron chi connectivity index (χ3n) is 7.95. The highest BCUT2D eigenvalue weighted by atomic mass is 32.1. The molecular formula is C38H53N5O7S. The molecule has 0 bridgehead atoms. The van der Waals surface area contributed by atoms with Crippen LogP contribution in [-0.2, 0) is 28.5 Å². The van der Waals surface area contributed by atoms with E-state index in [1.165, 1.54) is 25.7 Å². The van der Waals surface area contributed by atoms with E-state index in [4.69, 9.17) is 24.1 Å². The van der Waals surface area contributed by atoms with Crippen LogP contribution in [0.25, 0.3) is 0 Å². The zero-order valence-electron chi connectivity index (χ0n) is 30.3. The molecule has 0 radical (unpaired) electrons. The summed E-state index contributed by atoms with van der Waals surface area (Å²) in [5, 5.41) is 36.9. The first kappa shape index (κ1) is 43.2. The first-order chi connectivity index (χ1) is 24.9. The number of azo groups is 1. The normalized spacial score (nSPS) is 11.9. The number of nitrogens with zero attached hydrogens (tertiary/aromatic N) is 5. The van der Waals surface area contributed by atoms with Gasteiger partial charge in [0.1, 0.15) is 29.9 Å². The van der Waals surface area contributed by atoms with Gasteiger partial charge < -0.3 is 33.7 Å². The molecule has 278 valence electrons. The van der Waals surface area contributed by atoms with Gasteiger partial charge in [0.05, 0.1) is 63.9 Å². The molecule has 1 aromatic carbocycles. The van der Waals surface area contributed by atoms with Crippen molar-refractivity contribution in [2.24, 2.45) is 16.1 Å². The second-order valence-corrected chi connectivity index (χ2v) is 12.9. The molecule has 1 N–H and O–H groups in total. The fourth-order valence-electron chi connectivity index (χ4n) is 4.99. The lowest BCUT2D eigenvalue weighted by Crippen LogP contribution is -2.31. The second kappa shape index (κ2) is 26.8. The number of aldehydes is 1. The highest BCUT2D eigenvalue weighted by Gasteiger charge is 2.15. The van der Waals surface area contributed by atoms with E-state index in [1.807, 2.05) is 31.2 Å². The van der Waals surface area contributed by atoms with Crippen molar-refractivity contribution >= 4 is 40.0 Å². The van der Waals surface area contributed by atoms with Crippen molar-refractivity contribution in [2.75, 3.05) is 70.8 Å². The molecule has 1 atom stereocenters. The van der Waals surface area contributed by atoms with Crippen LogP contribution in [0.3, 0.4) is 0 Å².